The average Bonchev–Trinajstić information content (AvgIpc) is 2.22. The van der Waals surface area contributed by atoms with Gasteiger partial charge in [-0.05, 0) is 13.3 Å². The van der Waals surface area contributed by atoms with Crippen LogP contribution in [0.2, 0.25) is 0 Å². The maximum Gasteiger partial charge on any atom is 0.408 e. The summed E-state index contributed by atoms with van der Waals surface area (Å²) in [5.41, 5.74) is 0. The van der Waals surface area contributed by atoms with E-state index in [1.807, 2.05) is 6.92 Å². The Balaban J connectivity index is 3.79. The molecular formula is C10H17NO4. The van der Waals surface area contributed by atoms with Gasteiger partial charge < -0.3 is 14.8 Å². The van der Waals surface area contributed by atoms with Crippen LogP contribution in [-0.4, -0.2) is 31.3 Å². The first-order valence-electron chi connectivity index (χ1n) is 4.82. The molecule has 86 valence electrons. The number of carbonyl (C=O) groups excluding carboxylic acids is 2. The standard InChI is InChI=1S/C10H17NO4/c1-4-6-14-9(12)8(3)11-10(13)15-7-5-2/h5,8H,2,4,6-7H2,1,3H3,(H,11,13). The third-order valence-electron chi connectivity index (χ3n) is 1.47. The fourth-order valence-corrected chi connectivity index (χ4v) is 0.740. The SMILES string of the molecule is C=CCOC(=O)NC(C)C(=O)OCCC. The molecule has 0 fully saturated rings. The molecule has 15 heavy (non-hydrogen) atoms. The molecule has 1 N–H and O–H groups in total. The number of esters is 1. The largest absolute Gasteiger partial charge is 0.464 e. The molecular weight excluding hydrogens is 198 g/mol. The molecule has 0 saturated carbocycles. The molecule has 0 aromatic rings. The Morgan fingerprint density at radius 2 is 2.13 bits per heavy atom. The first-order valence-corrected chi connectivity index (χ1v) is 4.82. The van der Waals surface area contributed by atoms with Gasteiger partial charge in [0.1, 0.15) is 12.6 Å². The Morgan fingerprint density at radius 1 is 1.47 bits per heavy atom. The highest BCUT2D eigenvalue weighted by atomic mass is 16.6. The molecule has 0 rings (SSSR count). The van der Waals surface area contributed by atoms with E-state index >= 15 is 0 Å². The smallest absolute Gasteiger partial charge is 0.408 e. The quantitative estimate of drug-likeness (QED) is 0.535. The van der Waals surface area contributed by atoms with Crippen LogP contribution in [0.3, 0.4) is 0 Å². The number of alkyl carbamates (subject to hydrolysis) is 1. The van der Waals surface area contributed by atoms with Crippen LogP contribution in [0.5, 0.6) is 0 Å². The minimum Gasteiger partial charge on any atom is -0.464 e. The van der Waals surface area contributed by atoms with E-state index in [9.17, 15) is 9.59 Å². The number of amides is 1. The minimum atomic E-state index is -0.700. The second kappa shape index (κ2) is 7.84. The van der Waals surface area contributed by atoms with E-state index in [0.717, 1.165) is 6.42 Å². The van der Waals surface area contributed by atoms with E-state index in [1.165, 1.54) is 13.0 Å². The normalized spacial score (nSPS) is 11.3. The Labute approximate surface area is 89.4 Å². The number of ether oxygens (including phenoxy) is 2. The predicted molar refractivity (Wildman–Crippen MR) is 55.4 cm³/mol. The van der Waals surface area contributed by atoms with E-state index in [2.05, 4.69) is 16.6 Å². The molecule has 0 aliphatic carbocycles. The lowest BCUT2D eigenvalue weighted by atomic mass is 10.3. The topological polar surface area (TPSA) is 64.6 Å². The van der Waals surface area contributed by atoms with Crippen molar-refractivity contribution in [1.29, 1.82) is 0 Å². The van der Waals surface area contributed by atoms with Crippen LogP contribution in [0.15, 0.2) is 12.7 Å². The van der Waals surface area contributed by atoms with Gasteiger partial charge in [-0.2, -0.15) is 0 Å². The monoisotopic (exact) mass is 215 g/mol. The average molecular weight is 215 g/mol. The Hall–Kier alpha value is -1.52. The molecule has 0 radical (unpaired) electrons. The number of hydrogen-bond donors (Lipinski definition) is 1. The van der Waals surface area contributed by atoms with Crippen molar-refractivity contribution >= 4 is 12.1 Å². The summed E-state index contributed by atoms with van der Waals surface area (Å²) in [6.07, 6.45) is 1.54. The number of hydrogen-bond acceptors (Lipinski definition) is 4. The third-order valence-corrected chi connectivity index (χ3v) is 1.47. The first-order chi connectivity index (χ1) is 7.11. The lowest BCUT2D eigenvalue weighted by molar-refractivity contribution is -0.145. The molecule has 0 bridgehead atoms. The fourth-order valence-electron chi connectivity index (χ4n) is 0.740. The zero-order valence-electron chi connectivity index (χ0n) is 9.12. The van der Waals surface area contributed by atoms with Crippen LogP contribution in [-0.2, 0) is 14.3 Å². The van der Waals surface area contributed by atoms with Crippen LogP contribution in [0.25, 0.3) is 0 Å². The molecule has 5 nitrogen and oxygen atoms in total. The van der Waals surface area contributed by atoms with Gasteiger partial charge in [0.05, 0.1) is 6.61 Å². The first kappa shape index (κ1) is 13.5. The summed E-state index contributed by atoms with van der Waals surface area (Å²) in [6.45, 7) is 7.29. The lowest BCUT2D eigenvalue weighted by Crippen LogP contribution is -2.39. The number of rotatable bonds is 6. The van der Waals surface area contributed by atoms with Crippen molar-refractivity contribution in [2.75, 3.05) is 13.2 Å². The van der Waals surface area contributed by atoms with Crippen LogP contribution >= 0.6 is 0 Å². The number of nitrogens with one attached hydrogen (secondary N) is 1. The molecule has 0 spiro atoms. The number of carbonyl (C=O) groups is 2. The summed E-state index contributed by atoms with van der Waals surface area (Å²) in [6, 6.07) is -0.700. The summed E-state index contributed by atoms with van der Waals surface area (Å²) in [5, 5.41) is 2.34. The third kappa shape index (κ3) is 6.54. The van der Waals surface area contributed by atoms with E-state index in [-0.39, 0.29) is 6.61 Å². The second-order valence-corrected chi connectivity index (χ2v) is 2.92. The van der Waals surface area contributed by atoms with Gasteiger partial charge in [0.15, 0.2) is 0 Å². The minimum absolute atomic E-state index is 0.114. The van der Waals surface area contributed by atoms with E-state index in [4.69, 9.17) is 4.74 Å². The van der Waals surface area contributed by atoms with Crippen molar-refractivity contribution < 1.29 is 19.1 Å². The Bertz CT molecular complexity index is 227. The summed E-state index contributed by atoms with van der Waals surface area (Å²) >= 11 is 0. The van der Waals surface area contributed by atoms with Crippen molar-refractivity contribution in [2.45, 2.75) is 26.3 Å². The van der Waals surface area contributed by atoms with Gasteiger partial charge in [-0.3, -0.25) is 0 Å². The molecule has 0 saturated heterocycles. The maximum absolute atomic E-state index is 11.2. The second-order valence-electron chi connectivity index (χ2n) is 2.92. The maximum atomic E-state index is 11.2. The molecule has 1 atom stereocenters. The van der Waals surface area contributed by atoms with E-state index < -0.39 is 18.1 Å². The van der Waals surface area contributed by atoms with Gasteiger partial charge >= 0.3 is 12.1 Å². The summed E-state index contributed by atoms with van der Waals surface area (Å²) in [5.74, 6) is -0.465. The van der Waals surface area contributed by atoms with Crippen molar-refractivity contribution in [2.24, 2.45) is 0 Å². The molecule has 0 aromatic carbocycles. The van der Waals surface area contributed by atoms with E-state index in [0.29, 0.717) is 6.61 Å². The van der Waals surface area contributed by atoms with Gasteiger partial charge in [-0.15, -0.1) is 0 Å². The molecule has 0 aromatic heterocycles. The highest BCUT2D eigenvalue weighted by Crippen LogP contribution is 1.91. The lowest BCUT2D eigenvalue weighted by Gasteiger charge is -2.12. The molecule has 0 aliphatic heterocycles. The van der Waals surface area contributed by atoms with Gasteiger partial charge in [-0.25, -0.2) is 9.59 Å². The van der Waals surface area contributed by atoms with Crippen molar-refractivity contribution in [3.63, 3.8) is 0 Å². The van der Waals surface area contributed by atoms with Crippen LogP contribution in [0.1, 0.15) is 20.3 Å². The predicted octanol–water partition coefficient (Wildman–Crippen LogP) is 1.24. The summed E-state index contributed by atoms with van der Waals surface area (Å²) in [4.78, 5) is 22.2. The van der Waals surface area contributed by atoms with Crippen LogP contribution in [0.4, 0.5) is 4.79 Å². The zero-order chi connectivity index (χ0) is 11.7. The van der Waals surface area contributed by atoms with Crippen molar-refractivity contribution in [1.82, 2.24) is 5.32 Å². The van der Waals surface area contributed by atoms with Crippen LogP contribution in [0, 0.1) is 0 Å². The summed E-state index contributed by atoms with van der Waals surface area (Å²) in [7, 11) is 0. The molecule has 1 unspecified atom stereocenters. The molecule has 0 heterocycles. The van der Waals surface area contributed by atoms with Gasteiger partial charge in [-0.1, -0.05) is 19.6 Å². The van der Waals surface area contributed by atoms with Gasteiger partial charge in [0.2, 0.25) is 0 Å². The Morgan fingerprint density at radius 3 is 2.67 bits per heavy atom. The van der Waals surface area contributed by atoms with Crippen molar-refractivity contribution in [3.8, 4) is 0 Å². The van der Waals surface area contributed by atoms with Crippen molar-refractivity contribution in [3.05, 3.63) is 12.7 Å². The van der Waals surface area contributed by atoms with Crippen LogP contribution < -0.4 is 5.32 Å². The zero-order valence-corrected chi connectivity index (χ0v) is 9.12. The van der Waals surface area contributed by atoms with E-state index in [1.54, 1.807) is 0 Å². The van der Waals surface area contributed by atoms with Gasteiger partial charge in [0, 0.05) is 0 Å². The molecule has 0 aliphatic rings. The summed E-state index contributed by atoms with van der Waals surface area (Å²) < 4.78 is 9.47. The highest BCUT2D eigenvalue weighted by molar-refractivity contribution is 5.80. The fraction of sp³-hybridized carbons (Fsp3) is 0.600. The Kier molecular flexibility index (Phi) is 7.05. The molecule has 1 amide bonds. The highest BCUT2D eigenvalue weighted by Gasteiger charge is 2.16. The molecule has 5 heteroatoms. The van der Waals surface area contributed by atoms with Gasteiger partial charge in [0.25, 0.3) is 0 Å².